The summed E-state index contributed by atoms with van der Waals surface area (Å²) in [7, 11) is 0. The van der Waals surface area contributed by atoms with Crippen LogP contribution < -0.4 is 0 Å². The molecule has 3 unspecified atom stereocenters. The second-order valence-electron chi connectivity index (χ2n) is 4.37. The third-order valence-electron chi connectivity index (χ3n) is 2.98. The van der Waals surface area contributed by atoms with Crippen molar-refractivity contribution in [2.24, 2.45) is 17.8 Å². The lowest BCUT2D eigenvalue weighted by atomic mass is 9.85. The van der Waals surface area contributed by atoms with Gasteiger partial charge in [0.05, 0.1) is 0 Å². The zero-order valence-corrected chi connectivity index (χ0v) is 9.27. The van der Waals surface area contributed by atoms with Gasteiger partial charge in [-0.2, -0.15) is 0 Å². The van der Waals surface area contributed by atoms with Crippen molar-refractivity contribution >= 4 is 0 Å². The number of rotatable bonds is 6. The van der Waals surface area contributed by atoms with Gasteiger partial charge in [-0.15, -0.1) is 0 Å². The van der Waals surface area contributed by atoms with E-state index in [0.717, 1.165) is 24.2 Å². The van der Waals surface area contributed by atoms with E-state index in [1.807, 2.05) is 0 Å². The summed E-state index contributed by atoms with van der Waals surface area (Å²) in [5, 5.41) is 0. The molecule has 0 N–H and O–H groups in total. The van der Waals surface area contributed by atoms with E-state index in [4.69, 9.17) is 0 Å². The first kappa shape index (κ1) is 12.0. The van der Waals surface area contributed by atoms with Gasteiger partial charge in [-0.3, -0.25) is 0 Å². The molecule has 12 heavy (non-hydrogen) atoms. The van der Waals surface area contributed by atoms with Crippen LogP contribution in [0.2, 0.25) is 0 Å². The van der Waals surface area contributed by atoms with Gasteiger partial charge in [0.25, 0.3) is 0 Å². The van der Waals surface area contributed by atoms with Crippen LogP contribution in [0, 0.1) is 24.7 Å². The van der Waals surface area contributed by atoms with Gasteiger partial charge in [0.2, 0.25) is 0 Å². The smallest absolute Gasteiger partial charge is 0.0414 e. The molecule has 0 bridgehead atoms. The average molecular weight is 169 g/mol. The molecular formula is C12H25. The van der Waals surface area contributed by atoms with Crippen LogP contribution in [0.4, 0.5) is 0 Å². The molecule has 0 fully saturated rings. The van der Waals surface area contributed by atoms with Crippen molar-refractivity contribution in [2.75, 3.05) is 0 Å². The van der Waals surface area contributed by atoms with Crippen LogP contribution in [0.1, 0.15) is 53.4 Å². The summed E-state index contributed by atoms with van der Waals surface area (Å²) in [4.78, 5) is 0. The highest BCUT2D eigenvalue weighted by Crippen LogP contribution is 2.24. The van der Waals surface area contributed by atoms with E-state index in [2.05, 4.69) is 34.6 Å². The van der Waals surface area contributed by atoms with Gasteiger partial charge in [-0.05, 0) is 24.2 Å². The third-order valence-corrected chi connectivity index (χ3v) is 2.98. The fourth-order valence-corrected chi connectivity index (χ4v) is 1.76. The highest BCUT2D eigenvalue weighted by molar-refractivity contribution is 4.66. The topological polar surface area (TPSA) is 0 Å². The van der Waals surface area contributed by atoms with E-state index in [-0.39, 0.29) is 0 Å². The molecule has 0 heterocycles. The summed E-state index contributed by atoms with van der Waals surface area (Å²) < 4.78 is 0. The van der Waals surface area contributed by atoms with Crippen LogP contribution in [0.5, 0.6) is 0 Å². The van der Waals surface area contributed by atoms with Crippen LogP contribution >= 0.6 is 0 Å². The zero-order valence-electron chi connectivity index (χ0n) is 9.27. The van der Waals surface area contributed by atoms with Gasteiger partial charge in [0.15, 0.2) is 0 Å². The molecule has 0 saturated heterocycles. The van der Waals surface area contributed by atoms with E-state index in [9.17, 15) is 0 Å². The van der Waals surface area contributed by atoms with Gasteiger partial charge < -0.3 is 0 Å². The summed E-state index contributed by atoms with van der Waals surface area (Å²) in [6.07, 6.45) is 5.17. The molecule has 0 nitrogen and oxygen atoms in total. The standard InChI is InChI=1S/C12H25/c1-6-8-10(3)9-12(5)11(4)7-2/h10-12H,2,6-9H2,1,3-5H3. The van der Waals surface area contributed by atoms with E-state index in [0.29, 0.717) is 0 Å². The molecule has 0 aliphatic rings. The van der Waals surface area contributed by atoms with Crippen LogP contribution in [-0.4, -0.2) is 0 Å². The Kier molecular flexibility index (Phi) is 6.51. The molecule has 0 amide bonds. The molecule has 73 valence electrons. The molecule has 0 aliphatic carbocycles. The largest absolute Gasteiger partial charge is 0.0654 e. The van der Waals surface area contributed by atoms with Gasteiger partial charge in [0.1, 0.15) is 0 Å². The lowest BCUT2D eigenvalue weighted by Gasteiger charge is -2.21. The van der Waals surface area contributed by atoms with Crippen molar-refractivity contribution in [1.29, 1.82) is 0 Å². The van der Waals surface area contributed by atoms with Crippen molar-refractivity contribution in [1.82, 2.24) is 0 Å². The average Bonchev–Trinajstić information content (AvgIpc) is 2.03. The molecule has 0 heteroatoms. The minimum absolute atomic E-state index is 0.796. The first-order valence-corrected chi connectivity index (χ1v) is 5.41. The molecule has 0 aromatic rings. The Morgan fingerprint density at radius 3 is 2.08 bits per heavy atom. The Balaban J connectivity index is 3.59. The van der Waals surface area contributed by atoms with Gasteiger partial charge >= 0.3 is 0 Å². The van der Waals surface area contributed by atoms with Gasteiger partial charge in [-0.1, -0.05) is 53.9 Å². The Morgan fingerprint density at radius 1 is 1.08 bits per heavy atom. The molecule has 0 saturated carbocycles. The minimum atomic E-state index is 0.796. The second kappa shape index (κ2) is 6.51. The fourth-order valence-electron chi connectivity index (χ4n) is 1.76. The summed E-state index contributed by atoms with van der Waals surface area (Å²) in [5.74, 6) is 2.55. The van der Waals surface area contributed by atoms with Crippen LogP contribution in [0.25, 0.3) is 0 Å². The minimum Gasteiger partial charge on any atom is -0.0654 e. The van der Waals surface area contributed by atoms with Crippen LogP contribution in [0.3, 0.4) is 0 Å². The molecular weight excluding hydrogens is 144 g/mol. The lowest BCUT2D eigenvalue weighted by Crippen LogP contribution is -2.11. The van der Waals surface area contributed by atoms with Crippen molar-refractivity contribution in [3.05, 3.63) is 6.92 Å². The summed E-state index contributed by atoms with van der Waals surface area (Å²) >= 11 is 0. The first-order chi connectivity index (χ1) is 5.61. The van der Waals surface area contributed by atoms with Crippen molar-refractivity contribution in [3.8, 4) is 0 Å². The van der Waals surface area contributed by atoms with E-state index >= 15 is 0 Å². The monoisotopic (exact) mass is 169 g/mol. The maximum atomic E-state index is 3.96. The fraction of sp³-hybridized carbons (Fsp3) is 0.917. The van der Waals surface area contributed by atoms with E-state index in [1.165, 1.54) is 19.3 Å². The first-order valence-electron chi connectivity index (χ1n) is 5.41. The van der Waals surface area contributed by atoms with E-state index in [1.54, 1.807) is 0 Å². The van der Waals surface area contributed by atoms with Crippen molar-refractivity contribution in [3.63, 3.8) is 0 Å². The lowest BCUT2D eigenvalue weighted by molar-refractivity contribution is 0.304. The number of hydrogen-bond donors (Lipinski definition) is 0. The molecule has 0 aromatic heterocycles. The Morgan fingerprint density at radius 2 is 1.67 bits per heavy atom. The highest BCUT2D eigenvalue weighted by atomic mass is 14.2. The van der Waals surface area contributed by atoms with Crippen molar-refractivity contribution < 1.29 is 0 Å². The quantitative estimate of drug-likeness (QED) is 0.556. The Bertz CT molecular complexity index is 96.2. The molecule has 3 atom stereocenters. The molecule has 0 rings (SSSR count). The maximum Gasteiger partial charge on any atom is -0.0414 e. The van der Waals surface area contributed by atoms with Gasteiger partial charge in [0, 0.05) is 0 Å². The Hall–Kier alpha value is 0. The summed E-state index contributed by atoms with van der Waals surface area (Å²) in [6, 6.07) is 0. The predicted molar refractivity (Wildman–Crippen MR) is 57.0 cm³/mol. The van der Waals surface area contributed by atoms with Crippen LogP contribution in [-0.2, 0) is 0 Å². The van der Waals surface area contributed by atoms with Gasteiger partial charge in [-0.25, -0.2) is 0 Å². The molecule has 0 aromatic carbocycles. The maximum absolute atomic E-state index is 3.96. The summed E-state index contributed by atoms with van der Waals surface area (Å²) in [6.45, 7) is 13.3. The van der Waals surface area contributed by atoms with Crippen LogP contribution in [0.15, 0.2) is 0 Å². The Labute approximate surface area is 78.8 Å². The predicted octanol–water partition coefficient (Wildman–Crippen LogP) is 4.31. The SMILES string of the molecule is [CH2]CC(C)C(C)CC(C)CCC. The highest BCUT2D eigenvalue weighted by Gasteiger charge is 2.13. The zero-order chi connectivity index (χ0) is 9.56. The third kappa shape index (κ3) is 4.79. The summed E-state index contributed by atoms with van der Waals surface area (Å²) in [5.41, 5.74) is 0. The second-order valence-corrected chi connectivity index (χ2v) is 4.37. The molecule has 0 aliphatic heterocycles. The number of hydrogen-bond acceptors (Lipinski definition) is 0. The van der Waals surface area contributed by atoms with E-state index < -0.39 is 0 Å². The molecule has 0 spiro atoms. The van der Waals surface area contributed by atoms with Crippen molar-refractivity contribution in [2.45, 2.75) is 53.4 Å². The molecule has 1 radical (unpaired) electrons. The normalized spacial score (nSPS) is 18.8.